The van der Waals surface area contributed by atoms with E-state index in [4.69, 9.17) is 0 Å². The Hall–Kier alpha value is -9.62. The molecular weight excluding hydrogens is 1180 g/mol. The average molecular weight is 1290 g/mol. The van der Waals surface area contributed by atoms with E-state index in [0.29, 0.717) is 0 Å². The molecule has 0 N–H and O–H groups in total. The van der Waals surface area contributed by atoms with Gasteiger partial charge in [0.05, 0.1) is 0 Å². The first-order valence-corrected chi connectivity index (χ1v) is 36.7. The zero-order chi connectivity index (χ0) is 71.9. The molecule has 0 atom stereocenters. The van der Waals surface area contributed by atoms with Crippen LogP contribution in [0.25, 0.3) is 129 Å². The van der Waals surface area contributed by atoms with Gasteiger partial charge in [-0.05, 0) is 261 Å². The summed E-state index contributed by atoms with van der Waals surface area (Å²) in [5.41, 5.74) is 13.6. The Morgan fingerprint density at radius 2 is 0.429 bits per heavy atom. The Morgan fingerprint density at radius 3 is 0.908 bits per heavy atom. The van der Waals surface area contributed by atoms with E-state index in [1.54, 1.807) is 0 Å². The van der Waals surface area contributed by atoms with Gasteiger partial charge in [0, 0.05) is 0 Å². The molecule has 0 spiro atoms. The lowest BCUT2D eigenvalue weighted by Gasteiger charge is -2.14. The van der Waals surface area contributed by atoms with Crippen LogP contribution in [-0.4, -0.2) is 0 Å². The van der Waals surface area contributed by atoms with Crippen molar-refractivity contribution in [3.63, 3.8) is 0 Å². The Kier molecular flexibility index (Phi) is 29.4. The van der Waals surface area contributed by atoms with Crippen LogP contribution in [0.2, 0.25) is 0 Å². The van der Waals surface area contributed by atoms with E-state index < -0.39 is 0 Å². The third kappa shape index (κ3) is 16.5. The molecule has 0 heteroatoms. The van der Waals surface area contributed by atoms with Crippen LogP contribution >= 0.6 is 0 Å². The van der Waals surface area contributed by atoms with Crippen LogP contribution < -0.4 is 0 Å². The topological polar surface area (TPSA) is 0 Å². The van der Waals surface area contributed by atoms with Gasteiger partial charge in [0.25, 0.3) is 0 Å². The zero-order valence-electron chi connectivity index (χ0n) is 64.1. The number of fused-ring (bicyclic) bond motifs is 6. The van der Waals surface area contributed by atoms with Crippen molar-refractivity contribution in [2.75, 3.05) is 0 Å². The van der Waals surface area contributed by atoms with Crippen LogP contribution in [-0.2, 0) is 0 Å². The van der Waals surface area contributed by atoms with Crippen LogP contribution in [0.1, 0.15) is 153 Å². The summed E-state index contributed by atoms with van der Waals surface area (Å²) in [6, 6.07) is 88.3. The number of hydrogen-bond donors (Lipinski definition) is 0. The number of hydrogen-bond acceptors (Lipinski definition) is 0. The molecule has 504 valence electrons. The lowest BCUT2D eigenvalue weighted by molar-refractivity contribution is 1.49. The van der Waals surface area contributed by atoms with Crippen molar-refractivity contribution in [2.45, 2.75) is 166 Å². The van der Waals surface area contributed by atoms with Crippen LogP contribution in [0.5, 0.6) is 0 Å². The van der Waals surface area contributed by atoms with Gasteiger partial charge in [0.2, 0.25) is 0 Å². The van der Waals surface area contributed by atoms with Gasteiger partial charge in [0.1, 0.15) is 0 Å². The Bertz CT molecular complexity index is 5180. The molecule has 17 aromatic rings. The standard InChI is InChI=1S/2C18H14.3C16H14.7C2H6/c1-11-9-13-5-4-8-16-12(2)10-14-6-3-7-15(11)17(14)18(13)16;1-11-3-5-13-8-10-16-12(2)4-6-14-7-9-15(11)17(13)18(14)16;1-11-6-5-9-15-12(2)14-8-4-3-7-13(14)10-16(11)15;1-11-7-8-16-12(2)15-6-4-3-5-13(15)10-14(16)9-11;1-11-7-8-14-10-13-5-3-4-6-15(13)12(2)16(14)9-11;7*1-2/h2*3-10H,1-2H3;3*3-10H,1-2H3;7*1-2H3. The lowest BCUT2D eigenvalue weighted by atomic mass is 9.90. The third-order valence-corrected chi connectivity index (χ3v) is 18.1. The van der Waals surface area contributed by atoms with Gasteiger partial charge in [-0.25, -0.2) is 0 Å². The fourth-order valence-corrected chi connectivity index (χ4v) is 13.6. The minimum absolute atomic E-state index is 1.32. The SMILES string of the molecule is CC.CC.CC.CC.CC.CC.CC.Cc1cc2cccc3c(C)cc4cccc1c4c23.Cc1ccc2c(C)c3ccccc3cc2c1.Cc1ccc2cc3ccccc3c(C)c2c1.Cc1ccc2ccc3c(C)ccc4ccc1c2c43.Cc1cccc2c(C)c3ccccc3cc12. The van der Waals surface area contributed by atoms with Crippen molar-refractivity contribution < 1.29 is 0 Å². The van der Waals surface area contributed by atoms with Crippen molar-refractivity contribution in [3.8, 4) is 0 Å². The van der Waals surface area contributed by atoms with E-state index in [1.807, 2.05) is 96.9 Å². The second kappa shape index (κ2) is 37.2. The van der Waals surface area contributed by atoms with Gasteiger partial charge in [-0.1, -0.05) is 333 Å². The molecule has 0 unspecified atom stereocenters. The van der Waals surface area contributed by atoms with Crippen molar-refractivity contribution in [3.05, 3.63) is 298 Å². The summed E-state index contributed by atoms with van der Waals surface area (Å²) < 4.78 is 0. The molecule has 0 aromatic heterocycles. The van der Waals surface area contributed by atoms with Crippen molar-refractivity contribution in [1.29, 1.82) is 0 Å². The quantitative estimate of drug-likeness (QED) is 0.105. The average Bonchev–Trinajstić information content (AvgIpc) is 0.736. The predicted molar refractivity (Wildman–Crippen MR) is 451 cm³/mol. The molecule has 17 aromatic carbocycles. The molecule has 0 aliphatic carbocycles. The number of benzene rings is 17. The molecule has 0 saturated carbocycles. The highest BCUT2D eigenvalue weighted by Crippen LogP contribution is 2.40. The normalized spacial score (nSPS) is 10.2. The van der Waals surface area contributed by atoms with E-state index in [-0.39, 0.29) is 0 Å². The second-order valence-electron chi connectivity index (χ2n) is 23.7. The Balaban J connectivity index is 0.000000185. The molecule has 0 fully saturated rings. The summed E-state index contributed by atoms with van der Waals surface area (Å²) >= 11 is 0. The summed E-state index contributed by atoms with van der Waals surface area (Å²) in [6.45, 7) is 49.9. The molecule has 98 heavy (non-hydrogen) atoms. The Labute approximate surface area is 590 Å². The molecule has 0 heterocycles. The minimum atomic E-state index is 1.32. The first-order chi connectivity index (χ1) is 47.8. The molecule has 0 aliphatic heterocycles. The lowest BCUT2D eigenvalue weighted by Crippen LogP contribution is -1.88. The van der Waals surface area contributed by atoms with E-state index in [1.165, 1.54) is 185 Å². The zero-order valence-corrected chi connectivity index (χ0v) is 64.1. The van der Waals surface area contributed by atoms with E-state index in [0.717, 1.165) is 0 Å². The maximum absolute atomic E-state index is 2.31. The van der Waals surface area contributed by atoms with Crippen LogP contribution in [0.3, 0.4) is 0 Å². The Morgan fingerprint density at radius 1 is 0.143 bits per heavy atom. The molecule has 17 rings (SSSR count). The van der Waals surface area contributed by atoms with Gasteiger partial charge in [-0.3, -0.25) is 0 Å². The fraction of sp³-hybridized carbons (Fsp3) is 0.245. The summed E-state index contributed by atoms with van der Waals surface area (Å²) in [7, 11) is 0. The summed E-state index contributed by atoms with van der Waals surface area (Å²) in [6.07, 6.45) is 0. The number of aryl methyl sites for hydroxylation is 10. The van der Waals surface area contributed by atoms with Crippen molar-refractivity contribution in [1.82, 2.24) is 0 Å². The van der Waals surface area contributed by atoms with E-state index in [2.05, 4.69) is 312 Å². The predicted octanol–water partition coefficient (Wildman–Crippen LogP) is 31.4. The minimum Gasteiger partial charge on any atom is -0.0683 e. The molecular formula is C98H112. The molecule has 0 nitrogen and oxygen atoms in total. The fourth-order valence-electron chi connectivity index (χ4n) is 13.6. The number of rotatable bonds is 0. The maximum Gasteiger partial charge on any atom is -0.00239 e. The largest absolute Gasteiger partial charge is 0.0683 e. The maximum atomic E-state index is 2.31. The van der Waals surface area contributed by atoms with Gasteiger partial charge >= 0.3 is 0 Å². The van der Waals surface area contributed by atoms with E-state index >= 15 is 0 Å². The smallest absolute Gasteiger partial charge is 0.00239 e. The first kappa shape index (κ1) is 77.4. The van der Waals surface area contributed by atoms with Gasteiger partial charge in [0.15, 0.2) is 0 Å². The third-order valence-electron chi connectivity index (χ3n) is 18.1. The molecule has 0 aliphatic rings. The first-order valence-electron chi connectivity index (χ1n) is 36.7. The van der Waals surface area contributed by atoms with Crippen LogP contribution in [0, 0.1) is 69.2 Å². The summed E-state index contributed by atoms with van der Waals surface area (Å²) in [5.74, 6) is 0. The molecule has 0 saturated heterocycles. The van der Waals surface area contributed by atoms with Gasteiger partial charge in [-0.15, -0.1) is 0 Å². The highest BCUT2D eigenvalue weighted by atomic mass is 14.2. The summed E-state index contributed by atoms with van der Waals surface area (Å²) in [4.78, 5) is 0. The molecule has 0 bridgehead atoms. The van der Waals surface area contributed by atoms with Crippen LogP contribution in [0.15, 0.2) is 243 Å². The van der Waals surface area contributed by atoms with Gasteiger partial charge in [-0.2, -0.15) is 0 Å². The summed E-state index contributed by atoms with van der Waals surface area (Å²) in [5, 5.41) is 32.9. The highest BCUT2D eigenvalue weighted by molar-refractivity contribution is 6.25. The van der Waals surface area contributed by atoms with E-state index in [9.17, 15) is 0 Å². The van der Waals surface area contributed by atoms with Gasteiger partial charge < -0.3 is 0 Å². The van der Waals surface area contributed by atoms with Crippen LogP contribution in [0.4, 0.5) is 0 Å². The molecule has 0 radical (unpaired) electrons. The molecule has 0 amide bonds. The second-order valence-corrected chi connectivity index (χ2v) is 23.7. The monoisotopic (exact) mass is 1290 g/mol. The van der Waals surface area contributed by atoms with Crippen molar-refractivity contribution in [2.24, 2.45) is 0 Å². The highest BCUT2D eigenvalue weighted by Gasteiger charge is 2.13. The van der Waals surface area contributed by atoms with Crippen molar-refractivity contribution >= 4 is 129 Å².